The highest BCUT2D eigenvalue weighted by atomic mass is 16.5. The summed E-state index contributed by atoms with van der Waals surface area (Å²) in [5.74, 6) is 1.18. The van der Waals surface area contributed by atoms with Crippen molar-refractivity contribution < 1.29 is 9.53 Å². The largest absolute Gasteiger partial charge is 0.377 e. The third-order valence-corrected chi connectivity index (χ3v) is 4.76. The molecule has 3 N–H and O–H groups in total. The summed E-state index contributed by atoms with van der Waals surface area (Å²) in [6, 6.07) is 7.81. The topological polar surface area (TPSA) is 74.8 Å². The minimum Gasteiger partial charge on any atom is -0.377 e. The average Bonchev–Trinajstić information content (AvgIpc) is 2.61. The molecule has 1 aliphatic rings. The molecular weight excluding hydrogens is 340 g/mol. The van der Waals surface area contributed by atoms with Gasteiger partial charge in [0, 0.05) is 45.3 Å². The fourth-order valence-corrected chi connectivity index (χ4v) is 3.61. The molecule has 0 spiro atoms. The first-order valence-electron chi connectivity index (χ1n) is 9.72. The smallest absolute Gasteiger partial charge is 0.221 e. The monoisotopic (exact) mass is 374 g/mol. The van der Waals surface area contributed by atoms with Crippen molar-refractivity contribution in [2.75, 3.05) is 25.5 Å². The minimum atomic E-state index is -0.0688. The zero-order valence-electron chi connectivity index (χ0n) is 17.3. The van der Waals surface area contributed by atoms with Crippen molar-refractivity contribution in [1.29, 1.82) is 0 Å². The van der Waals surface area contributed by atoms with Gasteiger partial charge >= 0.3 is 0 Å². The highest BCUT2D eigenvalue weighted by Crippen LogP contribution is 2.33. The van der Waals surface area contributed by atoms with Crippen LogP contribution in [0.3, 0.4) is 0 Å². The van der Waals surface area contributed by atoms with E-state index in [0.29, 0.717) is 12.5 Å². The fourth-order valence-electron chi connectivity index (χ4n) is 3.61. The van der Waals surface area contributed by atoms with Crippen LogP contribution in [0.5, 0.6) is 0 Å². The Morgan fingerprint density at radius 1 is 1.30 bits per heavy atom. The maximum absolute atomic E-state index is 11.2. The van der Waals surface area contributed by atoms with Crippen LogP contribution in [-0.4, -0.2) is 38.2 Å². The number of benzene rings is 1. The van der Waals surface area contributed by atoms with E-state index in [1.54, 1.807) is 7.05 Å². The summed E-state index contributed by atoms with van der Waals surface area (Å²) >= 11 is 0. The van der Waals surface area contributed by atoms with Gasteiger partial charge in [-0.05, 0) is 36.0 Å². The molecule has 0 saturated carbocycles. The van der Waals surface area contributed by atoms with Crippen LogP contribution in [0.15, 0.2) is 29.3 Å². The third kappa shape index (κ3) is 6.86. The Morgan fingerprint density at radius 2 is 2.07 bits per heavy atom. The molecule has 0 bridgehead atoms. The van der Waals surface area contributed by atoms with Gasteiger partial charge in [0.25, 0.3) is 0 Å². The van der Waals surface area contributed by atoms with E-state index >= 15 is 0 Å². The van der Waals surface area contributed by atoms with Gasteiger partial charge < -0.3 is 20.7 Å². The summed E-state index contributed by atoms with van der Waals surface area (Å²) in [4.78, 5) is 15.5. The normalized spacial score (nSPS) is 20.9. The number of amides is 1. The molecule has 150 valence electrons. The van der Waals surface area contributed by atoms with Gasteiger partial charge in [0.15, 0.2) is 5.96 Å². The molecule has 1 saturated heterocycles. The molecule has 0 aromatic heterocycles. The highest BCUT2D eigenvalue weighted by Gasteiger charge is 2.35. The van der Waals surface area contributed by atoms with E-state index in [9.17, 15) is 4.79 Å². The highest BCUT2D eigenvalue weighted by molar-refractivity contribution is 5.88. The molecule has 1 aliphatic heterocycles. The number of carbonyl (C=O) groups is 1. The Balaban J connectivity index is 1.88. The maximum atomic E-state index is 11.2. The van der Waals surface area contributed by atoms with Crippen molar-refractivity contribution in [3.05, 3.63) is 29.8 Å². The minimum absolute atomic E-state index is 0.0688. The van der Waals surface area contributed by atoms with Crippen molar-refractivity contribution in [2.45, 2.75) is 53.2 Å². The maximum Gasteiger partial charge on any atom is 0.221 e. The molecule has 1 amide bonds. The summed E-state index contributed by atoms with van der Waals surface area (Å²) < 4.78 is 6.06. The molecule has 2 atom stereocenters. The lowest BCUT2D eigenvalue weighted by molar-refractivity contribution is -0.114. The first-order valence-corrected chi connectivity index (χ1v) is 9.72. The molecule has 0 radical (unpaired) electrons. The van der Waals surface area contributed by atoms with Crippen LogP contribution in [0.4, 0.5) is 5.69 Å². The fraction of sp³-hybridized carbons (Fsp3) is 0.619. The molecule has 6 heteroatoms. The summed E-state index contributed by atoms with van der Waals surface area (Å²) in [6.07, 6.45) is 2.54. The second-order valence-corrected chi connectivity index (χ2v) is 8.25. The average molecular weight is 375 g/mol. The Hall–Kier alpha value is -2.08. The number of guanidine groups is 1. The molecule has 1 heterocycles. The summed E-state index contributed by atoms with van der Waals surface area (Å²) in [7, 11) is 1.78. The van der Waals surface area contributed by atoms with Crippen LogP contribution < -0.4 is 16.0 Å². The number of aliphatic imine (C=N–C) groups is 1. The first kappa shape index (κ1) is 21.2. The van der Waals surface area contributed by atoms with E-state index in [2.05, 4.69) is 41.7 Å². The molecule has 1 aromatic rings. The van der Waals surface area contributed by atoms with Gasteiger partial charge in [-0.2, -0.15) is 0 Å². The van der Waals surface area contributed by atoms with E-state index in [1.807, 2.05) is 24.3 Å². The zero-order chi connectivity index (χ0) is 19.9. The first-order chi connectivity index (χ1) is 12.8. The Labute approximate surface area is 163 Å². The predicted octanol–water partition coefficient (Wildman–Crippen LogP) is 3.15. The Morgan fingerprint density at radius 3 is 2.74 bits per heavy atom. The van der Waals surface area contributed by atoms with Crippen LogP contribution in [-0.2, 0) is 16.1 Å². The van der Waals surface area contributed by atoms with Crippen molar-refractivity contribution in [2.24, 2.45) is 16.3 Å². The van der Waals surface area contributed by atoms with Crippen LogP contribution in [0.1, 0.15) is 46.1 Å². The van der Waals surface area contributed by atoms with E-state index < -0.39 is 0 Å². The third-order valence-electron chi connectivity index (χ3n) is 4.76. The molecule has 2 rings (SSSR count). The van der Waals surface area contributed by atoms with E-state index in [-0.39, 0.29) is 17.4 Å². The number of hydrogen-bond acceptors (Lipinski definition) is 3. The Kier molecular flexibility index (Phi) is 7.66. The van der Waals surface area contributed by atoms with Crippen LogP contribution >= 0.6 is 0 Å². The second kappa shape index (κ2) is 9.74. The van der Waals surface area contributed by atoms with Crippen molar-refractivity contribution in [1.82, 2.24) is 10.6 Å². The molecule has 1 aromatic carbocycles. The van der Waals surface area contributed by atoms with Gasteiger partial charge in [0.2, 0.25) is 5.91 Å². The number of nitrogens with one attached hydrogen (secondary N) is 3. The number of hydrogen-bond donors (Lipinski definition) is 3. The zero-order valence-corrected chi connectivity index (χ0v) is 17.3. The van der Waals surface area contributed by atoms with Crippen molar-refractivity contribution in [3.8, 4) is 0 Å². The lowest BCUT2D eigenvalue weighted by Gasteiger charge is -2.40. The number of nitrogens with zero attached hydrogens (tertiary/aromatic N) is 1. The number of carbonyl (C=O) groups excluding carboxylic acids is 1. The van der Waals surface area contributed by atoms with Gasteiger partial charge in [-0.25, -0.2) is 0 Å². The quantitative estimate of drug-likeness (QED) is 0.547. The Bertz CT molecular complexity index is 652. The summed E-state index contributed by atoms with van der Waals surface area (Å²) in [5, 5.41) is 9.60. The van der Waals surface area contributed by atoms with Crippen LogP contribution in [0.25, 0.3) is 0 Å². The lowest BCUT2D eigenvalue weighted by atomic mass is 9.78. The molecular formula is C21H34N4O2. The van der Waals surface area contributed by atoms with Crippen LogP contribution in [0, 0.1) is 11.3 Å². The molecule has 2 unspecified atom stereocenters. The van der Waals surface area contributed by atoms with E-state index in [1.165, 1.54) is 13.3 Å². The van der Waals surface area contributed by atoms with Gasteiger partial charge in [0.05, 0.1) is 6.10 Å². The van der Waals surface area contributed by atoms with Gasteiger partial charge in [0.1, 0.15) is 0 Å². The predicted molar refractivity (Wildman–Crippen MR) is 111 cm³/mol. The van der Waals surface area contributed by atoms with Gasteiger partial charge in [-0.1, -0.05) is 32.9 Å². The molecule has 1 fully saturated rings. The molecule has 6 nitrogen and oxygen atoms in total. The number of ether oxygens (including phenoxy) is 1. The van der Waals surface area contributed by atoms with Gasteiger partial charge in [-0.3, -0.25) is 9.79 Å². The van der Waals surface area contributed by atoms with Crippen molar-refractivity contribution in [3.63, 3.8) is 0 Å². The summed E-state index contributed by atoms with van der Waals surface area (Å²) in [6.45, 7) is 10.6. The second-order valence-electron chi connectivity index (χ2n) is 8.25. The lowest BCUT2D eigenvalue weighted by Crippen LogP contribution is -2.47. The molecule has 27 heavy (non-hydrogen) atoms. The van der Waals surface area contributed by atoms with Gasteiger partial charge in [-0.15, -0.1) is 0 Å². The SMILES string of the molecule is CN=C(NCc1cccc(NC(C)=O)c1)NCC1CCCOC1C(C)(C)C. The van der Waals surface area contributed by atoms with E-state index in [4.69, 9.17) is 4.74 Å². The van der Waals surface area contributed by atoms with Crippen LogP contribution in [0.2, 0.25) is 0 Å². The van der Waals surface area contributed by atoms with Crippen molar-refractivity contribution >= 4 is 17.6 Å². The number of rotatable bonds is 5. The standard InChI is InChI=1S/C21H34N4O2/c1-15(26)25-18-10-6-8-16(12-18)13-23-20(22-5)24-14-17-9-7-11-27-19(17)21(2,3)4/h6,8,10,12,17,19H,7,9,11,13-14H2,1-5H3,(H,25,26)(H2,22,23,24). The van der Waals surface area contributed by atoms with E-state index in [0.717, 1.165) is 36.8 Å². The summed E-state index contributed by atoms with van der Waals surface area (Å²) in [5.41, 5.74) is 2.02. The molecule has 0 aliphatic carbocycles. The number of anilines is 1.